The highest BCUT2D eigenvalue weighted by Crippen LogP contribution is 2.25. The van der Waals surface area contributed by atoms with E-state index < -0.39 is 12.2 Å². The van der Waals surface area contributed by atoms with E-state index in [0.29, 0.717) is 24.7 Å². The fourth-order valence-corrected chi connectivity index (χ4v) is 3.70. The predicted octanol–water partition coefficient (Wildman–Crippen LogP) is 5.30. The van der Waals surface area contributed by atoms with Crippen molar-refractivity contribution in [1.82, 2.24) is 19.9 Å². The highest BCUT2D eigenvalue weighted by Gasteiger charge is 2.29. The summed E-state index contributed by atoms with van der Waals surface area (Å²) in [6.45, 7) is 3.83. The number of carbonyl (C=O) groups is 1. The number of pyridine rings is 1. The minimum atomic E-state index is -2.90. The lowest BCUT2D eigenvalue weighted by molar-refractivity contribution is -0.0498. The minimum Gasteiger partial charge on any atom is -0.444 e. The van der Waals surface area contributed by atoms with Gasteiger partial charge < -0.3 is 25.0 Å². The van der Waals surface area contributed by atoms with Gasteiger partial charge in [0.15, 0.2) is 0 Å². The summed E-state index contributed by atoms with van der Waals surface area (Å²) in [5.41, 5.74) is 2.39. The first-order chi connectivity index (χ1) is 17.1. The number of amides is 1. The van der Waals surface area contributed by atoms with E-state index in [4.69, 9.17) is 4.74 Å². The van der Waals surface area contributed by atoms with Gasteiger partial charge in [-0.3, -0.25) is 4.98 Å². The topological polar surface area (TPSA) is 102 Å². The van der Waals surface area contributed by atoms with Crippen LogP contribution in [0.3, 0.4) is 0 Å². The molecule has 1 atom stereocenters. The monoisotopic (exact) mass is 498 g/mol. The third-order valence-corrected chi connectivity index (χ3v) is 5.25. The summed E-state index contributed by atoms with van der Waals surface area (Å²) < 4.78 is 34.7. The number of halogens is 2. The van der Waals surface area contributed by atoms with Crippen molar-refractivity contribution in [3.8, 4) is 16.9 Å². The number of likely N-dealkylation sites (tertiary alicyclic amines) is 1. The summed E-state index contributed by atoms with van der Waals surface area (Å²) >= 11 is 0. The largest absolute Gasteiger partial charge is 0.444 e. The van der Waals surface area contributed by atoms with Gasteiger partial charge in [0.05, 0.1) is 5.69 Å². The zero-order valence-corrected chi connectivity index (χ0v) is 20.2. The summed E-state index contributed by atoms with van der Waals surface area (Å²) in [5.74, 6) is 0.349. The average Bonchev–Trinajstić information content (AvgIpc) is 3.27. The van der Waals surface area contributed by atoms with Gasteiger partial charge in [0.1, 0.15) is 11.4 Å². The van der Waals surface area contributed by atoms with E-state index in [-0.39, 0.29) is 17.9 Å². The highest BCUT2D eigenvalue weighted by molar-refractivity contribution is 5.69. The molecule has 0 saturated carbocycles. The molecule has 0 bridgehead atoms. The Morgan fingerprint density at radius 2 is 1.86 bits per heavy atom. The standard InChI is InChI=1S/C25H28F2N6O3/c1-25(2,3)36-24(34)33-8-7-19(15-33)31-20-9-16(11-28-14-20)17-12-29-23(30-13-17)32-18-5-4-6-21(10-18)35-22(26)27/h4-6,9-14,19,22,31H,7-8,15H2,1-3H3,(H,29,30,32)/t19-/m0/s1. The van der Waals surface area contributed by atoms with Crippen LogP contribution >= 0.6 is 0 Å². The Morgan fingerprint density at radius 3 is 2.58 bits per heavy atom. The van der Waals surface area contributed by atoms with Crippen molar-refractivity contribution in [2.75, 3.05) is 23.7 Å². The van der Waals surface area contributed by atoms with Crippen LogP contribution in [0, 0.1) is 0 Å². The summed E-state index contributed by atoms with van der Waals surface area (Å²) in [5, 5.41) is 6.40. The van der Waals surface area contributed by atoms with Gasteiger partial charge in [-0.15, -0.1) is 0 Å². The molecule has 190 valence electrons. The van der Waals surface area contributed by atoms with Gasteiger partial charge in [0.25, 0.3) is 0 Å². The molecular formula is C25H28F2N6O3. The second kappa shape index (κ2) is 10.7. The van der Waals surface area contributed by atoms with Gasteiger partial charge >= 0.3 is 12.7 Å². The molecule has 11 heteroatoms. The van der Waals surface area contributed by atoms with Crippen molar-refractivity contribution in [2.45, 2.75) is 45.4 Å². The molecule has 0 spiro atoms. The second-order valence-corrected chi connectivity index (χ2v) is 9.35. The number of nitrogens with one attached hydrogen (secondary N) is 2. The van der Waals surface area contributed by atoms with Crippen LogP contribution in [0.25, 0.3) is 11.1 Å². The van der Waals surface area contributed by atoms with Crippen LogP contribution < -0.4 is 15.4 Å². The van der Waals surface area contributed by atoms with Gasteiger partial charge in [-0.25, -0.2) is 14.8 Å². The maximum atomic E-state index is 12.4. The van der Waals surface area contributed by atoms with Crippen molar-refractivity contribution >= 4 is 23.4 Å². The highest BCUT2D eigenvalue weighted by atomic mass is 19.3. The molecule has 1 saturated heterocycles. The third-order valence-electron chi connectivity index (χ3n) is 5.25. The van der Waals surface area contributed by atoms with Gasteiger partial charge in [0, 0.05) is 66.8 Å². The Bertz CT molecular complexity index is 1190. The summed E-state index contributed by atoms with van der Waals surface area (Å²) in [4.78, 5) is 27.0. The van der Waals surface area contributed by atoms with Crippen LogP contribution in [0.15, 0.2) is 55.1 Å². The minimum absolute atomic E-state index is 0.0403. The van der Waals surface area contributed by atoms with Gasteiger partial charge in [-0.2, -0.15) is 8.78 Å². The van der Waals surface area contributed by atoms with Gasteiger partial charge in [0.2, 0.25) is 5.95 Å². The van der Waals surface area contributed by atoms with Crippen molar-refractivity contribution < 1.29 is 23.0 Å². The Morgan fingerprint density at radius 1 is 1.08 bits per heavy atom. The van der Waals surface area contributed by atoms with Crippen molar-refractivity contribution in [3.63, 3.8) is 0 Å². The number of nitrogens with zero attached hydrogens (tertiary/aromatic N) is 4. The zero-order chi connectivity index (χ0) is 25.7. The number of benzene rings is 1. The molecule has 1 aliphatic rings. The van der Waals surface area contributed by atoms with Crippen LogP contribution in [0.4, 0.5) is 30.9 Å². The van der Waals surface area contributed by atoms with E-state index in [9.17, 15) is 13.6 Å². The lowest BCUT2D eigenvalue weighted by Crippen LogP contribution is -2.36. The van der Waals surface area contributed by atoms with E-state index in [2.05, 4.69) is 30.3 Å². The summed E-state index contributed by atoms with van der Waals surface area (Å²) in [6, 6.07) is 8.20. The Labute approximate surface area is 207 Å². The molecule has 1 aliphatic heterocycles. The van der Waals surface area contributed by atoms with Gasteiger partial charge in [-0.05, 0) is 45.4 Å². The number of ether oxygens (including phenoxy) is 2. The molecule has 36 heavy (non-hydrogen) atoms. The normalized spacial score (nSPS) is 15.6. The number of anilines is 3. The molecule has 0 radical (unpaired) electrons. The molecule has 3 heterocycles. The van der Waals surface area contributed by atoms with E-state index in [1.54, 1.807) is 41.8 Å². The molecule has 4 rings (SSSR count). The van der Waals surface area contributed by atoms with E-state index in [1.807, 2.05) is 26.8 Å². The molecule has 9 nitrogen and oxygen atoms in total. The predicted molar refractivity (Wildman–Crippen MR) is 131 cm³/mol. The molecule has 1 aromatic carbocycles. The smallest absolute Gasteiger partial charge is 0.410 e. The molecule has 2 N–H and O–H groups in total. The zero-order valence-electron chi connectivity index (χ0n) is 20.2. The lowest BCUT2D eigenvalue weighted by atomic mass is 10.1. The SMILES string of the molecule is CC(C)(C)OC(=O)N1CC[C@H](Nc2cncc(-c3cnc(Nc4cccc(OC(F)F)c4)nc3)c2)C1. The summed E-state index contributed by atoms with van der Waals surface area (Å²) in [7, 11) is 0. The van der Waals surface area contributed by atoms with Crippen LogP contribution in [0.2, 0.25) is 0 Å². The Balaban J connectivity index is 1.36. The van der Waals surface area contributed by atoms with Crippen LogP contribution in [0.1, 0.15) is 27.2 Å². The van der Waals surface area contributed by atoms with E-state index in [1.165, 1.54) is 12.1 Å². The fourth-order valence-electron chi connectivity index (χ4n) is 3.70. The molecule has 1 fully saturated rings. The number of carbonyl (C=O) groups excluding carboxylic acids is 1. The van der Waals surface area contributed by atoms with Crippen molar-refractivity contribution in [3.05, 3.63) is 55.1 Å². The molecule has 1 amide bonds. The molecule has 0 aliphatic carbocycles. The second-order valence-electron chi connectivity index (χ2n) is 9.35. The van der Waals surface area contributed by atoms with E-state index >= 15 is 0 Å². The Hall–Kier alpha value is -4.02. The first kappa shape index (κ1) is 25.1. The number of alkyl halides is 2. The Kier molecular flexibility index (Phi) is 7.47. The van der Waals surface area contributed by atoms with Crippen LogP contribution in [-0.2, 0) is 4.74 Å². The van der Waals surface area contributed by atoms with Crippen LogP contribution in [-0.4, -0.2) is 57.3 Å². The number of hydrogen-bond acceptors (Lipinski definition) is 8. The van der Waals surface area contributed by atoms with Crippen molar-refractivity contribution in [1.29, 1.82) is 0 Å². The maximum Gasteiger partial charge on any atom is 0.410 e. The molecule has 2 aromatic heterocycles. The number of hydrogen-bond donors (Lipinski definition) is 2. The number of aromatic nitrogens is 3. The fraction of sp³-hybridized carbons (Fsp3) is 0.360. The number of rotatable bonds is 7. The molecule has 3 aromatic rings. The molecular weight excluding hydrogens is 470 g/mol. The summed E-state index contributed by atoms with van der Waals surface area (Å²) in [6.07, 6.45) is 7.23. The van der Waals surface area contributed by atoms with Crippen molar-refractivity contribution in [2.24, 2.45) is 0 Å². The van der Waals surface area contributed by atoms with Crippen LogP contribution in [0.5, 0.6) is 5.75 Å². The lowest BCUT2D eigenvalue weighted by Gasteiger charge is -2.24. The average molecular weight is 499 g/mol. The van der Waals surface area contributed by atoms with Gasteiger partial charge in [-0.1, -0.05) is 6.07 Å². The first-order valence-corrected chi connectivity index (χ1v) is 11.5. The van der Waals surface area contributed by atoms with E-state index in [0.717, 1.165) is 23.2 Å². The first-order valence-electron chi connectivity index (χ1n) is 11.5. The molecule has 0 unspecified atom stereocenters. The maximum absolute atomic E-state index is 12.4. The quantitative estimate of drug-likeness (QED) is 0.452. The third kappa shape index (κ3) is 7.00.